The summed E-state index contributed by atoms with van der Waals surface area (Å²) < 4.78 is 5.45. The molecule has 1 heterocycles. The van der Waals surface area contributed by atoms with Crippen LogP contribution in [0.1, 0.15) is 19.8 Å². The van der Waals surface area contributed by atoms with E-state index in [0.29, 0.717) is 12.3 Å². The van der Waals surface area contributed by atoms with Gasteiger partial charge in [0.25, 0.3) is 0 Å². The maximum absolute atomic E-state index is 11.8. The Labute approximate surface area is 111 Å². The Bertz CT molecular complexity index is 469. The molecule has 5 nitrogen and oxygen atoms in total. The molecule has 0 bridgehead atoms. The quantitative estimate of drug-likeness (QED) is 0.778. The van der Waals surface area contributed by atoms with Crippen LogP contribution in [0.25, 0.3) is 0 Å². The lowest BCUT2D eigenvalue weighted by atomic mass is 10.1. The summed E-state index contributed by atoms with van der Waals surface area (Å²) >= 11 is 0. The van der Waals surface area contributed by atoms with Crippen LogP contribution in [0, 0.1) is 5.92 Å². The summed E-state index contributed by atoms with van der Waals surface area (Å²) in [5, 5.41) is 10.8. The second-order valence-electron chi connectivity index (χ2n) is 4.57. The summed E-state index contributed by atoms with van der Waals surface area (Å²) in [6.07, 6.45) is 0.941. The van der Waals surface area contributed by atoms with E-state index >= 15 is 0 Å². The Morgan fingerprint density at radius 3 is 2.63 bits per heavy atom. The highest BCUT2D eigenvalue weighted by Gasteiger charge is 2.31. The standard InChI is InChI=1S/C14H17NO4/c1-2-7-19-12-5-3-11(4-6-12)15-9-10(14(17)18)8-13(15)16/h3-6,10H,2,7-9H2,1H3,(H,17,18)/p-1/t10-/m0/s1. The SMILES string of the molecule is CCCOc1ccc(N2C[C@@H](C(=O)[O-])CC2=O)cc1. The molecule has 0 unspecified atom stereocenters. The molecule has 2 rings (SSSR count). The lowest BCUT2D eigenvalue weighted by Crippen LogP contribution is -2.33. The van der Waals surface area contributed by atoms with E-state index in [-0.39, 0.29) is 18.9 Å². The number of carbonyl (C=O) groups excluding carboxylic acids is 2. The summed E-state index contributed by atoms with van der Waals surface area (Å²) in [5.41, 5.74) is 0.692. The molecular formula is C14H16NO4-. The lowest BCUT2D eigenvalue weighted by molar-refractivity contribution is -0.310. The monoisotopic (exact) mass is 262 g/mol. The van der Waals surface area contributed by atoms with Gasteiger partial charge in [-0.25, -0.2) is 0 Å². The van der Waals surface area contributed by atoms with Gasteiger partial charge in [-0.2, -0.15) is 0 Å². The number of amides is 1. The van der Waals surface area contributed by atoms with Gasteiger partial charge in [0, 0.05) is 30.5 Å². The Balaban J connectivity index is 2.06. The van der Waals surface area contributed by atoms with Crippen LogP contribution in [0.4, 0.5) is 5.69 Å². The molecular weight excluding hydrogens is 246 g/mol. The van der Waals surface area contributed by atoms with Crippen LogP contribution in [-0.4, -0.2) is 25.0 Å². The highest BCUT2D eigenvalue weighted by atomic mass is 16.5. The first kappa shape index (κ1) is 13.4. The van der Waals surface area contributed by atoms with E-state index in [1.54, 1.807) is 24.3 Å². The van der Waals surface area contributed by atoms with Crippen LogP contribution in [0.2, 0.25) is 0 Å². The zero-order chi connectivity index (χ0) is 13.8. The molecule has 1 amide bonds. The predicted octanol–water partition coefficient (Wildman–Crippen LogP) is 0.578. The fourth-order valence-corrected chi connectivity index (χ4v) is 2.06. The van der Waals surface area contributed by atoms with Crippen molar-refractivity contribution in [3.63, 3.8) is 0 Å². The van der Waals surface area contributed by atoms with E-state index < -0.39 is 11.9 Å². The van der Waals surface area contributed by atoms with Crippen LogP contribution < -0.4 is 14.7 Å². The topological polar surface area (TPSA) is 69.7 Å². The van der Waals surface area contributed by atoms with Crippen LogP contribution in [0.15, 0.2) is 24.3 Å². The third kappa shape index (κ3) is 3.05. The zero-order valence-electron chi connectivity index (χ0n) is 10.8. The van der Waals surface area contributed by atoms with Crippen molar-refractivity contribution >= 4 is 17.6 Å². The Hall–Kier alpha value is -2.04. The second kappa shape index (κ2) is 5.73. The van der Waals surface area contributed by atoms with Crippen molar-refractivity contribution < 1.29 is 19.4 Å². The third-order valence-corrected chi connectivity index (χ3v) is 3.08. The number of anilines is 1. The summed E-state index contributed by atoms with van der Waals surface area (Å²) in [7, 11) is 0. The first-order valence-electron chi connectivity index (χ1n) is 6.36. The fourth-order valence-electron chi connectivity index (χ4n) is 2.06. The molecule has 0 aromatic heterocycles. The van der Waals surface area contributed by atoms with Crippen molar-refractivity contribution in [2.24, 2.45) is 5.92 Å². The third-order valence-electron chi connectivity index (χ3n) is 3.08. The highest BCUT2D eigenvalue weighted by Crippen LogP contribution is 2.26. The number of hydrogen-bond donors (Lipinski definition) is 0. The lowest BCUT2D eigenvalue weighted by Gasteiger charge is -2.17. The maximum Gasteiger partial charge on any atom is 0.227 e. The summed E-state index contributed by atoms with van der Waals surface area (Å²) in [5.74, 6) is -1.33. The van der Waals surface area contributed by atoms with Gasteiger partial charge in [-0.3, -0.25) is 4.79 Å². The Morgan fingerprint density at radius 2 is 2.11 bits per heavy atom. The molecule has 0 radical (unpaired) electrons. The van der Waals surface area contributed by atoms with E-state index in [9.17, 15) is 14.7 Å². The van der Waals surface area contributed by atoms with Gasteiger partial charge in [-0.15, -0.1) is 0 Å². The van der Waals surface area contributed by atoms with Crippen molar-refractivity contribution in [1.29, 1.82) is 0 Å². The molecule has 1 saturated heterocycles. The molecule has 1 aliphatic rings. The number of carboxylic acid groups (broad SMARTS) is 1. The van der Waals surface area contributed by atoms with E-state index in [0.717, 1.165) is 12.2 Å². The predicted molar refractivity (Wildman–Crippen MR) is 67.7 cm³/mol. The minimum absolute atomic E-state index is 0.0103. The van der Waals surface area contributed by atoms with Gasteiger partial charge < -0.3 is 19.5 Å². The molecule has 1 aliphatic heterocycles. The number of nitrogens with zero attached hydrogens (tertiary/aromatic N) is 1. The maximum atomic E-state index is 11.8. The van der Waals surface area contributed by atoms with Gasteiger partial charge >= 0.3 is 0 Å². The number of ether oxygens (including phenoxy) is 1. The summed E-state index contributed by atoms with van der Waals surface area (Å²) in [6.45, 7) is 2.85. The molecule has 1 fully saturated rings. The minimum atomic E-state index is -1.17. The number of aliphatic carboxylic acids is 1. The molecule has 1 atom stereocenters. The molecule has 102 valence electrons. The number of rotatable bonds is 5. The van der Waals surface area contributed by atoms with Gasteiger partial charge in [-0.1, -0.05) is 6.92 Å². The highest BCUT2D eigenvalue weighted by molar-refractivity contribution is 5.98. The largest absolute Gasteiger partial charge is 0.550 e. The van der Waals surface area contributed by atoms with Crippen molar-refractivity contribution in [2.75, 3.05) is 18.1 Å². The van der Waals surface area contributed by atoms with Crippen molar-refractivity contribution in [2.45, 2.75) is 19.8 Å². The molecule has 0 N–H and O–H groups in total. The smallest absolute Gasteiger partial charge is 0.227 e. The van der Waals surface area contributed by atoms with Gasteiger partial charge in [-0.05, 0) is 30.7 Å². The van der Waals surface area contributed by atoms with E-state index in [1.165, 1.54) is 4.90 Å². The van der Waals surface area contributed by atoms with Crippen molar-refractivity contribution in [3.05, 3.63) is 24.3 Å². The first-order valence-corrected chi connectivity index (χ1v) is 6.36. The average Bonchev–Trinajstić information content (AvgIpc) is 2.79. The molecule has 0 aliphatic carbocycles. The molecule has 0 saturated carbocycles. The van der Waals surface area contributed by atoms with E-state index in [2.05, 4.69) is 0 Å². The molecule has 0 spiro atoms. The number of carbonyl (C=O) groups is 2. The fraction of sp³-hybridized carbons (Fsp3) is 0.429. The normalized spacial score (nSPS) is 18.7. The van der Waals surface area contributed by atoms with Gasteiger partial charge in [0.05, 0.1) is 6.61 Å². The molecule has 5 heteroatoms. The van der Waals surface area contributed by atoms with Crippen LogP contribution in [-0.2, 0) is 9.59 Å². The van der Waals surface area contributed by atoms with Crippen molar-refractivity contribution in [3.8, 4) is 5.75 Å². The molecule has 1 aromatic rings. The van der Waals surface area contributed by atoms with Crippen LogP contribution in [0.5, 0.6) is 5.75 Å². The zero-order valence-corrected chi connectivity index (χ0v) is 10.8. The Kier molecular flexibility index (Phi) is 4.04. The number of benzene rings is 1. The minimum Gasteiger partial charge on any atom is -0.550 e. The summed E-state index contributed by atoms with van der Waals surface area (Å²) in [6, 6.07) is 7.09. The molecule has 1 aromatic carbocycles. The van der Waals surface area contributed by atoms with Gasteiger partial charge in [0.1, 0.15) is 5.75 Å². The van der Waals surface area contributed by atoms with Gasteiger partial charge in [0.15, 0.2) is 0 Å². The Morgan fingerprint density at radius 1 is 1.42 bits per heavy atom. The van der Waals surface area contributed by atoms with Crippen molar-refractivity contribution in [1.82, 2.24) is 0 Å². The molecule has 19 heavy (non-hydrogen) atoms. The first-order chi connectivity index (χ1) is 9.11. The summed E-state index contributed by atoms with van der Waals surface area (Å²) in [4.78, 5) is 24.0. The number of hydrogen-bond acceptors (Lipinski definition) is 4. The van der Waals surface area contributed by atoms with Gasteiger partial charge in [0.2, 0.25) is 5.91 Å². The van der Waals surface area contributed by atoms with Crippen LogP contribution >= 0.6 is 0 Å². The average molecular weight is 262 g/mol. The number of carboxylic acids is 1. The van der Waals surface area contributed by atoms with E-state index in [1.807, 2.05) is 6.92 Å². The van der Waals surface area contributed by atoms with Crippen LogP contribution in [0.3, 0.4) is 0 Å². The second-order valence-corrected chi connectivity index (χ2v) is 4.57. The van der Waals surface area contributed by atoms with E-state index in [4.69, 9.17) is 4.74 Å².